The van der Waals surface area contributed by atoms with E-state index in [9.17, 15) is 18.0 Å². The van der Waals surface area contributed by atoms with Gasteiger partial charge in [0.1, 0.15) is 6.54 Å². The van der Waals surface area contributed by atoms with E-state index >= 15 is 0 Å². The van der Waals surface area contributed by atoms with Gasteiger partial charge in [0.25, 0.3) is 10.0 Å². The van der Waals surface area contributed by atoms with Gasteiger partial charge in [0.15, 0.2) is 0 Å². The van der Waals surface area contributed by atoms with E-state index in [1.807, 2.05) is 0 Å². The lowest BCUT2D eigenvalue weighted by Crippen LogP contribution is -2.38. The molecular weight excluding hydrogens is 440 g/mol. The highest BCUT2D eigenvalue weighted by atomic mass is 35.5. The number of ether oxygens (including phenoxy) is 1. The maximum atomic E-state index is 13.3. The number of carbonyl (C=O) groups excluding carboxylic acids is 2. The number of rotatable bonds is 7. The fraction of sp³-hybridized carbons (Fsp3) is 0.0909. The van der Waals surface area contributed by atoms with Crippen LogP contribution in [0.15, 0.2) is 83.8 Å². The van der Waals surface area contributed by atoms with E-state index in [1.165, 1.54) is 37.4 Å². The first-order chi connectivity index (χ1) is 14.8. The van der Waals surface area contributed by atoms with E-state index in [-0.39, 0.29) is 21.2 Å². The monoisotopic (exact) mass is 458 g/mol. The van der Waals surface area contributed by atoms with Gasteiger partial charge in [0.05, 0.1) is 28.3 Å². The molecule has 9 heteroatoms. The van der Waals surface area contributed by atoms with E-state index < -0.39 is 28.4 Å². The van der Waals surface area contributed by atoms with E-state index in [0.717, 1.165) is 4.31 Å². The third-order valence-corrected chi connectivity index (χ3v) is 6.40. The van der Waals surface area contributed by atoms with Crippen LogP contribution in [-0.4, -0.2) is 33.9 Å². The van der Waals surface area contributed by atoms with Crippen LogP contribution in [0.2, 0.25) is 5.02 Å². The summed E-state index contributed by atoms with van der Waals surface area (Å²) in [5.74, 6) is -1.16. The molecule has 7 nitrogen and oxygen atoms in total. The van der Waals surface area contributed by atoms with E-state index in [0.29, 0.717) is 5.69 Å². The van der Waals surface area contributed by atoms with Crippen LogP contribution in [0.5, 0.6) is 0 Å². The smallest absolute Gasteiger partial charge is 0.337 e. The Kier molecular flexibility index (Phi) is 6.94. The van der Waals surface area contributed by atoms with Crippen LogP contribution in [0.4, 0.5) is 11.4 Å². The zero-order chi connectivity index (χ0) is 22.4. The molecule has 0 bridgehead atoms. The third-order valence-electron chi connectivity index (χ3n) is 4.31. The minimum absolute atomic E-state index is 0.0235. The van der Waals surface area contributed by atoms with Crippen molar-refractivity contribution in [1.82, 2.24) is 0 Å². The SMILES string of the molecule is COC(=O)c1cccc(NC(=O)CN(c2ccccc2Cl)S(=O)(=O)c2ccccc2)c1. The molecule has 0 heterocycles. The topological polar surface area (TPSA) is 92.8 Å². The molecule has 0 spiro atoms. The summed E-state index contributed by atoms with van der Waals surface area (Å²) < 4.78 is 32.2. The van der Waals surface area contributed by atoms with Crippen LogP contribution in [0.1, 0.15) is 10.4 Å². The van der Waals surface area contributed by atoms with Gasteiger partial charge in [-0.05, 0) is 42.5 Å². The molecule has 0 radical (unpaired) electrons. The van der Waals surface area contributed by atoms with Crippen molar-refractivity contribution in [1.29, 1.82) is 0 Å². The number of anilines is 2. The Morgan fingerprint density at radius 2 is 1.65 bits per heavy atom. The van der Waals surface area contributed by atoms with Crippen LogP contribution in [0.25, 0.3) is 0 Å². The molecule has 3 rings (SSSR count). The number of hydrogen-bond donors (Lipinski definition) is 1. The number of hydrogen-bond acceptors (Lipinski definition) is 5. The standard InChI is InChI=1S/C22H19ClN2O5S/c1-30-22(27)16-8-7-9-17(14-16)24-21(26)15-25(20-13-6-5-12-19(20)23)31(28,29)18-10-3-2-4-11-18/h2-14H,15H2,1H3,(H,24,26). The van der Waals surface area contributed by atoms with Gasteiger partial charge >= 0.3 is 5.97 Å². The molecule has 0 atom stereocenters. The molecule has 1 amide bonds. The molecule has 3 aromatic carbocycles. The highest BCUT2D eigenvalue weighted by molar-refractivity contribution is 7.92. The predicted molar refractivity (Wildman–Crippen MR) is 119 cm³/mol. The van der Waals surface area contributed by atoms with E-state index in [1.54, 1.807) is 48.5 Å². The maximum Gasteiger partial charge on any atom is 0.337 e. The van der Waals surface area contributed by atoms with Crippen molar-refractivity contribution in [3.05, 3.63) is 89.4 Å². The van der Waals surface area contributed by atoms with Gasteiger partial charge in [-0.1, -0.05) is 48.0 Å². The Morgan fingerprint density at radius 3 is 2.32 bits per heavy atom. The largest absolute Gasteiger partial charge is 0.465 e. The minimum Gasteiger partial charge on any atom is -0.465 e. The summed E-state index contributed by atoms with van der Waals surface area (Å²) >= 11 is 6.24. The highest BCUT2D eigenvalue weighted by Crippen LogP contribution is 2.30. The van der Waals surface area contributed by atoms with Crippen molar-refractivity contribution in [3.63, 3.8) is 0 Å². The lowest BCUT2D eigenvalue weighted by Gasteiger charge is -2.25. The fourth-order valence-corrected chi connectivity index (χ4v) is 4.59. The molecule has 0 saturated carbocycles. The number of halogens is 1. The Bertz CT molecular complexity index is 1200. The number of nitrogens with one attached hydrogen (secondary N) is 1. The van der Waals surface area contributed by atoms with Crippen molar-refractivity contribution < 1.29 is 22.7 Å². The fourth-order valence-electron chi connectivity index (χ4n) is 2.85. The quantitative estimate of drug-likeness (QED) is 0.541. The maximum absolute atomic E-state index is 13.3. The lowest BCUT2D eigenvalue weighted by atomic mass is 10.2. The second-order valence-electron chi connectivity index (χ2n) is 6.40. The van der Waals surface area contributed by atoms with Gasteiger partial charge in [-0.3, -0.25) is 9.10 Å². The number of benzene rings is 3. The molecule has 0 aliphatic carbocycles. The summed E-state index contributed by atoms with van der Waals surface area (Å²) in [6.07, 6.45) is 0. The average Bonchev–Trinajstić information content (AvgIpc) is 2.78. The Labute approximate surface area is 185 Å². The number of sulfonamides is 1. The zero-order valence-electron chi connectivity index (χ0n) is 16.5. The average molecular weight is 459 g/mol. The number of methoxy groups -OCH3 is 1. The Morgan fingerprint density at radius 1 is 0.968 bits per heavy atom. The first kappa shape index (κ1) is 22.3. The van der Waals surface area contributed by atoms with E-state index in [2.05, 4.69) is 10.1 Å². The molecule has 0 aliphatic heterocycles. The highest BCUT2D eigenvalue weighted by Gasteiger charge is 2.28. The Balaban J connectivity index is 1.92. The van der Waals surface area contributed by atoms with Crippen molar-refractivity contribution in [2.45, 2.75) is 4.90 Å². The van der Waals surface area contributed by atoms with Gasteiger partial charge in [-0.25, -0.2) is 13.2 Å². The molecule has 0 saturated heterocycles. The summed E-state index contributed by atoms with van der Waals surface area (Å²) in [6, 6.07) is 20.3. The van der Waals surface area contributed by atoms with Gasteiger partial charge < -0.3 is 10.1 Å². The molecular formula is C22H19ClN2O5S. The molecule has 160 valence electrons. The van der Waals surface area contributed by atoms with Crippen LogP contribution in [0.3, 0.4) is 0 Å². The number of nitrogens with zero attached hydrogens (tertiary/aromatic N) is 1. The molecule has 0 unspecified atom stereocenters. The lowest BCUT2D eigenvalue weighted by molar-refractivity contribution is -0.114. The first-order valence-corrected chi connectivity index (χ1v) is 11.0. The van der Waals surface area contributed by atoms with Gasteiger partial charge in [0, 0.05) is 5.69 Å². The minimum atomic E-state index is -4.08. The van der Waals surface area contributed by atoms with Crippen molar-refractivity contribution in [3.8, 4) is 0 Å². The molecule has 1 N–H and O–H groups in total. The van der Waals surface area contributed by atoms with Crippen LogP contribution >= 0.6 is 11.6 Å². The third kappa shape index (κ3) is 5.22. The van der Waals surface area contributed by atoms with Crippen molar-refractivity contribution in [2.24, 2.45) is 0 Å². The van der Waals surface area contributed by atoms with Crippen LogP contribution in [-0.2, 0) is 19.6 Å². The van der Waals surface area contributed by atoms with Crippen LogP contribution < -0.4 is 9.62 Å². The van der Waals surface area contributed by atoms with Gasteiger partial charge in [0.2, 0.25) is 5.91 Å². The number of esters is 1. The number of amides is 1. The molecule has 0 fully saturated rings. The summed E-state index contributed by atoms with van der Waals surface area (Å²) in [4.78, 5) is 24.5. The zero-order valence-corrected chi connectivity index (χ0v) is 18.1. The Hall–Kier alpha value is -3.36. The number of carbonyl (C=O) groups is 2. The van der Waals surface area contributed by atoms with Crippen molar-refractivity contribution in [2.75, 3.05) is 23.3 Å². The first-order valence-electron chi connectivity index (χ1n) is 9.13. The summed E-state index contributed by atoms with van der Waals surface area (Å²) in [5, 5.41) is 2.79. The number of para-hydroxylation sites is 1. The van der Waals surface area contributed by atoms with Gasteiger partial charge in [-0.15, -0.1) is 0 Å². The summed E-state index contributed by atoms with van der Waals surface area (Å²) in [6.45, 7) is -0.524. The predicted octanol–water partition coefficient (Wildman–Crippen LogP) is 3.96. The summed E-state index contributed by atoms with van der Waals surface area (Å²) in [5.41, 5.74) is 0.746. The second kappa shape index (κ2) is 9.63. The van der Waals surface area contributed by atoms with Crippen LogP contribution in [0, 0.1) is 0 Å². The molecule has 0 aromatic heterocycles. The summed E-state index contributed by atoms with van der Waals surface area (Å²) in [7, 11) is -2.82. The molecule has 31 heavy (non-hydrogen) atoms. The molecule has 3 aromatic rings. The van der Waals surface area contributed by atoms with E-state index in [4.69, 9.17) is 11.6 Å². The molecule has 0 aliphatic rings. The second-order valence-corrected chi connectivity index (χ2v) is 8.67. The van der Waals surface area contributed by atoms with Gasteiger partial charge in [-0.2, -0.15) is 0 Å². The van der Waals surface area contributed by atoms with Crippen molar-refractivity contribution >= 4 is 44.9 Å². The normalized spacial score (nSPS) is 10.9.